The van der Waals surface area contributed by atoms with Gasteiger partial charge in [-0.15, -0.1) is 0 Å². The molecular formula is C23H31F2N3O2. The zero-order valence-corrected chi connectivity index (χ0v) is 17.8. The molecular weight excluding hydrogens is 388 g/mol. The number of hydrogen-bond donors (Lipinski definition) is 3. The minimum atomic E-state index is -1.28. The molecule has 1 aromatic carbocycles. The molecule has 3 N–H and O–H groups in total. The minimum Gasteiger partial charge on any atom is -0.390 e. The lowest BCUT2D eigenvalue weighted by Crippen LogP contribution is -2.57. The van der Waals surface area contributed by atoms with Crippen LogP contribution in [-0.2, 0) is 0 Å². The topological polar surface area (TPSA) is 68.6 Å². The number of aromatic nitrogens is 1. The van der Waals surface area contributed by atoms with Gasteiger partial charge in [-0.25, -0.2) is 8.78 Å². The number of pyridine rings is 1. The number of alkyl halides is 1. The van der Waals surface area contributed by atoms with Crippen molar-refractivity contribution in [2.24, 2.45) is 5.92 Å². The van der Waals surface area contributed by atoms with E-state index >= 15 is 0 Å². The molecule has 2 aliphatic rings. The van der Waals surface area contributed by atoms with E-state index in [1.165, 1.54) is 13.0 Å². The normalized spacial score (nSPS) is 25.2. The van der Waals surface area contributed by atoms with Gasteiger partial charge in [-0.3, -0.25) is 10.3 Å². The van der Waals surface area contributed by atoms with Crippen LogP contribution in [-0.4, -0.2) is 45.6 Å². The summed E-state index contributed by atoms with van der Waals surface area (Å²) < 4.78 is 28.4. The Morgan fingerprint density at radius 3 is 2.47 bits per heavy atom. The molecule has 2 fully saturated rings. The number of benzene rings is 1. The number of rotatable bonds is 5. The first-order valence-electron chi connectivity index (χ1n) is 10.7. The fourth-order valence-electron chi connectivity index (χ4n) is 4.75. The number of nitrogens with one attached hydrogen (secondary N) is 1. The van der Waals surface area contributed by atoms with Crippen molar-refractivity contribution in [1.82, 2.24) is 10.3 Å². The standard InChI is InChI=1S/C23H31F2N3O2/c1-22(2,30)16-4-6-17(7-5-16)27-21(29)15-8-14-9-18(24)20(10-19(14)26-11-15)28-12-23(3,25)13-28/h8-11,16-17,21,27,29-30H,4-7,12-13H2,1-3H3. The van der Waals surface area contributed by atoms with Gasteiger partial charge < -0.3 is 15.1 Å². The molecule has 1 aliphatic heterocycles. The summed E-state index contributed by atoms with van der Waals surface area (Å²) in [6.07, 6.45) is 4.29. The Balaban J connectivity index is 1.43. The van der Waals surface area contributed by atoms with Crippen molar-refractivity contribution in [3.8, 4) is 0 Å². The molecule has 0 radical (unpaired) electrons. The smallest absolute Gasteiger partial charge is 0.147 e. The molecule has 1 aliphatic carbocycles. The van der Waals surface area contributed by atoms with E-state index in [2.05, 4.69) is 10.3 Å². The van der Waals surface area contributed by atoms with Gasteiger partial charge in [0.25, 0.3) is 0 Å². The molecule has 7 heteroatoms. The van der Waals surface area contributed by atoms with Gasteiger partial charge in [-0.1, -0.05) is 0 Å². The number of fused-ring (bicyclic) bond motifs is 1. The lowest BCUT2D eigenvalue weighted by atomic mass is 9.77. The lowest BCUT2D eigenvalue weighted by molar-refractivity contribution is -0.00658. The van der Waals surface area contributed by atoms with E-state index in [4.69, 9.17) is 0 Å². The molecule has 1 aromatic heterocycles. The van der Waals surface area contributed by atoms with Crippen molar-refractivity contribution in [3.63, 3.8) is 0 Å². The van der Waals surface area contributed by atoms with E-state index in [0.29, 0.717) is 22.2 Å². The van der Waals surface area contributed by atoms with Gasteiger partial charge >= 0.3 is 0 Å². The fourth-order valence-corrected chi connectivity index (χ4v) is 4.75. The summed E-state index contributed by atoms with van der Waals surface area (Å²) in [4.78, 5) is 6.07. The molecule has 2 aromatic rings. The van der Waals surface area contributed by atoms with Crippen LogP contribution in [0.5, 0.6) is 0 Å². The van der Waals surface area contributed by atoms with Crippen LogP contribution in [0.3, 0.4) is 0 Å². The fraction of sp³-hybridized carbons (Fsp3) is 0.609. The molecule has 164 valence electrons. The molecule has 30 heavy (non-hydrogen) atoms. The first-order valence-corrected chi connectivity index (χ1v) is 10.7. The predicted octanol–water partition coefficient (Wildman–Crippen LogP) is 3.83. The lowest BCUT2D eigenvalue weighted by Gasteiger charge is -2.43. The Labute approximate surface area is 176 Å². The summed E-state index contributed by atoms with van der Waals surface area (Å²) in [5, 5.41) is 24.6. The van der Waals surface area contributed by atoms with Crippen LogP contribution in [0, 0.1) is 11.7 Å². The number of hydrogen-bond acceptors (Lipinski definition) is 5. The van der Waals surface area contributed by atoms with Gasteiger partial charge in [0.1, 0.15) is 17.7 Å². The molecule has 5 nitrogen and oxygen atoms in total. The van der Waals surface area contributed by atoms with E-state index in [-0.39, 0.29) is 25.0 Å². The van der Waals surface area contributed by atoms with Crippen LogP contribution in [0.1, 0.15) is 58.2 Å². The second-order valence-electron chi connectivity index (χ2n) is 9.81. The third-order valence-electron chi connectivity index (χ3n) is 6.59. The maximum absolute atomic E-state index is 14.6. The average Bonchev–Trinajstić information content (AvgIpc) is 2.64. The SMILES string of the molecule is CC1(F)CN(c2cc3ncc(C(O)NC4CCC(C(C)(C)O)CC4)cc3cc2F)C1. The predicted molar refractivity (Wildman–Crippen MR) is 114 cm³/mol. The van der Waals surface area contributed by atoms with Crippen molar-refractivity contribution in [2.45, 2.75) is 70.0 Å². The van der Waals surface area contributed by atoms with E-state index in [9.17, 15) is 19.0 Å². The van der Waals surface area contributed by atoms with Crippen molar-refractivity contribution in [2.75, 3.05) is 18.0 Å². The van der Waals surface area contributed by atoms with Crippen LogP contribution in [0.15, 0.2) is 24.4 Å². The molecule has 0 bridgehead atoms. The Kier molecular flexibility index (Phi) is 5.49. The Morgan fingerprint density at radius 2 is 1.87 bits per heavy atom. The maximum atomic E-state index is 14.6. The average molecular weight is 420 g/mol. The first kappa shape index (κ1) is 21.4. The van der Waals surface area contributed by atoms with Crippen molar-refractivity contribution in [3.05, 3.63) is 35.8 Å². The summed E-state index contributed by atoms with van der Waals surface area (Å²) in [6.45, 7) is 5.56. The molecule has 1 saturated carbocycles. The van der Waals surface area contributed by atoms with Gasteiger partial charge in [-0.2, -0.15) is 0 Å². The third kappa shape index (κ3) is 4.43. The maximum Gasteiger partial charge on any atom is 0.147 e. The van der Waals surface area contributed by atoms with E-state index in [1.54, 1.807) is 23.2 Å². The van der Waals surface area contributed by atoms with Crippen molar-refractivity contribution < 1.29 is 19.0 Å². The van der Waals surface area contributed by atoms with Crippen molar-refractivity contribution in [1.29, 1.82) is 0 Å². The zero-order valence-electron chi connectivity index (χ0n) is 17.8. The molecule has 0 amide bonds. The molecule has 1 saturated heterocycles. The monoisotopic (exact) mass is 419 g/mol. The van der Waals surface area contributed by atoms with Crippen LogP contribution in [0.2, 0.25) is 0 Å². The van der Waals surface area contributed by atoms with E-state index in [0.717, 1.165) is 25.7 Å². The molecule has 0 spiro atoms. The Morgan fingerprint density at radius 1 is 1.20 bits per heavy atom. The Bertz CT molecular complexity index is 913. The highest BCUT2D eigenvalue weighted by molar-refractivity contribution is 5.83. The molecule has 1 unspecified atom stereocenters. The largest absolute Gasteiger partial charge is 0.390 e. The van der Waals surface area contributed by atoms with Crippen LogP contribution >= 0.6 is 0 Å². The van der Waals surface area contributed by atoms with Gasteiger partial charge in [-0.05, 0) is 70.6 Å². The second kappa shape index (κ2) is 7.70. The highest BCUT2D eigenvalue weighted by Crippen LogP contribution is 2.35. The first-order chi connectivity index (χ1) is 14.0. The van der Waals surface area contributed by atoms with Gasteiger partial charge in [0.15, 0.2) is 0 Å². The highest BCUT2D eigenvalue weighted by atomic mass is 19.1. The van der Waals surface area contributed by atoms with E-state index < -0.39 is 23.3 Å². The molecule has 4 rings (SSSR count). The van der Waals surface area contributed by atoms with Gasteiger partial charge in [0, 0.05) is 23.2 Å². The number of anilines is 1. The summed E-state index contributed by atoms with van der Waals surface area (Å²) in [6, 6.07) is 4.94. The van der Waals surface area contributed by atoms with Gasteiger partial charge in [0.2, 0.25) is 0 Å². The zero-order chi connectivity index (χ0) is 21.7. The summed E-state index contributed by atoms with van der Waals surface area (Å²) in [5.41, 5.74) is -0.395. The van der Waals surface area contributed by atoms with Crippen LogP contribution in [0.25, 0.3) is 10.9 Å². The Hall–Kier alpha value is -1.83. The summed E-state index contributed by atoms with van der Waals surface area (Å²) >= 11 is 0. The minimum absolute atomic E-state index is 0.162. The quantitative estimate of drug-likeness (QED) is 0.643. The third-order valence-corrected chi connectivity index (χ3v) is 6.59. The van der Waals surface area contributed by atoms with Crippen LogP contribution < -0.4 is 10.2 Å². The van der Waals surface area contributed by atoms with E-state index in [1.807, 2.05) is 13.8 Å². The van der Waals surface area contributed by atoms with Gasteiger partial charge in [0.05, 0.1) is 29.9 Å². The number of aliphatic hydroxyl groups is 2. The number of aliphatic hydroxyl groups excluding tert-OH is 1. The van der Waals surface area contributed by atoms with Crippen LogP contribution in [0.4, 0.5) is 14.5 Å². The number of nitrogens with zero attached hydrogens (tertiary/aromatic N) is 2. The molecule has 2 heterocycles. The summed E-state index contributed by atoms with van der Waals surface area (Å²) in [5.74, 6) is -0.141. The summed E-state index contributed by atoms with van der Waals surface area (Å²) in [7, 11) is 0. The van der Waals surface area contributed by atoms with Crippen molar-refractivity contribution >= 4 is 16.6 Å². The second-order valence-corrected chi connectivity index (χ2v) is 9.81. The number of halogens is 2. The highest BCUT2D eigenvalue weighted by Gasteiger charge is 2.40. The molecule has 1 atom stereocenters.